The van der Waals surface area contributed by atoms with Crippen molar-refractivity contribution in [1.82, 2.24) is 9.78 Å². The van der Waals surface area contributed by atoms with Gasteiger partial charge in [-0.3, -0.25) is 4.79 Å². The molecule has 2 aromatic rings. The Morgan fingerprint density at radius 2 is 2.14 bits per heavy atom. The van der Waals surface area contributed by atoms with Gasteiger partial charge in [0, 0.05) is 23.0 Å². The van der Waals surface area contributed by atoms with Gasteiger partial charge in [0.25, 0.3) is 5.56 Å². The van der Waals surface area contributed by atoms with E-state index < -0.39 is 0 Å². The van der Waals surface area contributed by atoms with Crippen LogP contribution in [0.25, 0.3) is 0 Å². The number of nitrogens with one attached hydrogen (secondary N) is 1. The molecular weight excluding hydrogens is 386 g/mol. The first kappa shape index (κ1) is 17.4. The van der Waals surface area contributed by atoms with Crippen LogP contribution in [0.3, 0.4) is 0 Å². The first-order chi connectivity index (χ1) is 10.6. The van der Waals surface area contributed by atoms with Crippen LogP contribution in [0.5, 0.6) is 0 Å². The van der Waals surface area contributed by atoms with Crippen molar-refractivity contribution in [1.29, 1.82) is 0 Å². The molecule has 0 radical (unpaired) electrons. The second kappa shape index (κ2) is 8.60. The summed E-state index contributed by atoms with van der Waals surface area (Å²) in [5.74, 6) is 1.05. The van der Waals surface area contributed by atoms with Crippen LogP contribution in [0.15, 0.2) is 44.6 Å². The van der Waals surface area contributed by atoms with Gasteiger partial charge in [-0.05, 0) is 46.7 Å². The largest absolute Gasteiger partial charge is 0.382 e. The zero-order valence-corrected chi connectivity index (χ0v) is 15.3. The molecule has 0 aliphatic heterocycles. The zero-order valence-electron chi connectivity index (χ0n) is 12.2. The molecule has 0 aliphatic carbocycles. The summed E-state index contributed by atoms with van der Waals surface area (Å²) in [4.78, 5) is 12.9. The Kier molecular flexibility index (Phi) is 6.79. The van der Waals surface area contributed by atoms with Gasteiger partial charge in [-0.25, -0.2) is 4.68 Å². The molecule has 1 aromatic heterocycles. The summed E-state index contributed by atoms with van der Waals surface area (Å²) in [6, 6.07) is 8.21. The first-order valence-electron chi connectivity index (χ1n) is 6.92. The van der Waals surface area contributed by atoms with Crippen LogP contribution >= 0.6 is 39.3 Å². The lowest BCUT2D eigenvalue weighted by atomic mass is 10.3. The van der Waals surface area contributed by atoms with E-state index >= 15 is 0 Å². The number of aryl methyl sites for hydroxylation is 1. The molecule has 0 atom stereocenters. The Hall–Kier alpha value is -0.980. The van der Waals surface area contributed by atoms with Gasteiger partial charge in [0.05, 0.1) is 11.9 Å². The topological polar surface area (TPSA) is 46.9 Å². The van der Waals surface area contributed by atoms with Crippen LogP contribution in [0.2, 0.25) is 5.02 Å². The maximum Gasteiger partial charge on any atom is 0.287 e. The van der Waals surface area contributed by atoms with Gasteiger partial charge in [0.15, 0.2) is 0 Å². The molecule has 0 fully saturated rings. The molecule has 0 aliphatic rings. The summed E-state index contributed by atoms with van der Waals surface area (Å²) in [5.41, 5.74) is 0.319. The minimum atomic E-state index is -0.281. The minimum Gasteiger partial charge on any atom is -0.382 e. The fraction of sp³-hybridized carbons (Fsp3) is 0.333. The monoisotopic (exact) mass is 401 g/mol. The molecule has 0 saturated carbocycles. The van der Waals surface area contributed by atoms with Crippen molar-refractivity contribution < 1.29 is 0 Å². The molecule has 0 bridgehead atoms. The Bertz CT molecular complexity index is 693. The molecule has 0 spiro atoms. The number of anilines is 1. The van der Waals surface area contributed by atoms with Gasteiger partial charge >= 0.3 is 0 Å². The third-order valence-corrected chi connectivity index (χ3v) is 5.54. The molecule has 1 heterocycles. The van der Waals surface area contributed by atoms with Gasteiger partial charge < -0.3 is 5.32 Å². The highest BCUT2D eigenvalue weighted by molar-refractivity contribution is 9.10. The molecule has 7 heteroatoms. The van der Waals surface area contributed by atoms with E-state index in [1.807, 2.05) is 23.9 Å². The highest BCUT2D eigenvalue weighted by atomic mass is 79.9. The Morgan fingerprint density at radius 3 is 2.91 bits per heavy atom. The molecule has 22 heavy (non-hydrogen) atoms. The van der Waals surface area contributed by atoms with Gasteiger partial charge in [0.2, 0.25) is 0 Å². The van der Waals surface area contributed by atoms with Crippen LogP contribution in [-0.2, 0) is 7.05 Å². The third kappa shape index (κ3) is 4.76. The predicted molar refractivity (Wildman–Crippen MR) is 97.1 cm³/mol. The van der Waals surface area contributed by atoms with Gasteiger partial charge in [0.1, 0.15) is 5.02 Å². The normalized spacial score (nSPS) is 10.7. The summed E-state index contributed by atoms with van der Waals surface area (Å²) in [6.45, 7) is 0.769. The van der Waals surface area contributed by atoms with Crippen LogP contribution in [0, 0.1) is 0 Å². The van der Waals surface area contributed by atoms with E-state index in [9.17, 15) is 4.79 Å². The Balaban J connectivity index is 1.71. The van der Waals surface area contributed by atoms with Crippen molar-refractivity contribution in [2.75, 3.05) is 17.6 Å². The highest BCUT2D eigenvalue weighted by Crippen LogP contribution is 2.27. The average molecular weight is 403 g/mol. The third-order valence-electron chi connectivity index (χ3n) is 3.06. The number of rotatable bonds is 7. The molecule has 0 amide bonds. The zero-order chi connectivity index (χ0) is 15.9. The molecule has 0 unspecified atom stereocenters. The van der Waals surface area contributed by atoms with Crippen molar-refractivity contribution in [3.05, 3.63) is 50.3 Å². The minimum absolute atomic E-state index is 0.195. The van der Waals surface area contributed by atoms with E-state index in [0.717, 1.165) is 29.6 Å². The van der Waals surface area contributed by atoms with E-state index in [-0.39, 0.29) is 10.6 Å². The SMILES string of the molecule is Cn1ncc(NCCCCSc2ccccc2Br)c(Cl)c1=O. The molecule has 4 nitrogen and oxygen atoms in total. The summed E-state index contributed by atoms with van der Waals surface area (Å²) in [7, 11) is 1.58. The van der Waals surface area contributed by atoms with Crippen LogP contribution in [-0.4, -0.2) is 22.1 Å². The number of benzene rings is 1. The Labute approximate surface area is 147 Å². The van der Waals surface area contributed by atoms with Crippen molar-refractivity contribution in [3.63, 3.8) is 0 Å². The summed E-state index contributed by atoms with van der Waals surface area (Å²) in [6.07, 6.45) is 3.66. The number of halogens is 2. The van der Waals surface area contributed by atoms with E-state index in [4.69, 9.17) is 11.6 Å². The average Bonchev–Trinajstić information content (AvgIpc) is 2.52. The van der Waals surface area contributed by atoms with E-state index in [1.165, 1.54) is 9.58 Å². The number of hydrogen-bond acceptors (Lipinski definition) is 4. The number of thioether (sulfide) groups is 1. The van der Waals surface area contributed by atoms with Crippen LogP contribution in [0.4, 0.5) is 5.69 Å². The smallest absolute Gasteiger partial charge is 0.287 e. The van der Waals surface area contributed by atoms with Gasteiger partial charge in [-0.2, -0.15) is 5.10 Å². The second-order valence-corrected chi connectivity index (χ2v) is 7.08. The van der Waals surface area contributed by atoms with Gasteiger partial charge in [-0.15, -0.1) is 11.8 Å². The highest BCUT2D eigenvalue weighted by Gasteiger charge is 2.06. The van der Waals surface area contributed by atoms with Crippen molar-refractivity contribution >= 4 is 45.0 Å². The molecule has 2 rings (SSSR count). The summed E-state index contributed by atoms with van der Waals surface area (Å²) in [5, 5.41) is 7.31. The van der Waals surface area contributed by atoms with Crippen molar-refractivity contribution in [3.8, 4) is 0 Å². The molecule has 0 saturated heterocycles. The molecule has 1 aromatic carbocycles. The fourth-order valence-corrected chi connectivity index (χ4v) is 3.64. The fourth-order valence-electron chi connectivity index (χ4n) is 1.83. The standard InChI is InChI=1S/C15H17BrClN3OS/c1-20-15(21)14(17)12(10-19-20)18-8-4-5-9-22-13-7-3-2-6-11(13)16/h2-3,6-7,10,18H,4-5,8-9H2,1H3. The quantitative estimate of drug-likeness (QED) is 0.557. The maximum absolute atomic E-state index is 11.6. The number of aromatic nitrogens is 2. The maximum atomic E-state index is 11.6. The van der Waals surface area contributed by atoms with Gasteiger partial charge in [-0.1, -0.05) is 23.7 Å². The van der Waals surface area contributed by atoms with Crippen molar-refractivity contribution in [2.45, 2.75) is 17.7 Å². The summed E-state index contributed by atoms with van der Waals surface area (Å²) < 4.78 is 2.36. The molecular formula is C15H17BrClN3OS. The van der Waals surface area contributed by atoms with Crippen molar-refractivity contribution in [2.24, 2.45) is 7.05 Å². The van der Waals surface area contributed by atoms with E-state index in [0.29, 0.717) is 5.69 Å². The first-order valence-corrected chi connectivity index (χ1v) is 9.08. The predicted octanol–water partition coefficient (Wildman–Crippen LogP) is 4.18. The number of hydrogen-bond donors (Lipinski definition) is 1. The molecule has 118 valence electrons. The lowest BCUT2D eigenvalue weighted by molar-refractivity contribution is 0.707. The van der Waals surface area contributed by atoms with E-state index in [2.05, 4.69) is 38.5 Å². The number of unbranched alkanes of at least 4 members (excludes halogenated alkanes) is 1. The lowest BCUT2D eigenvalue weighted by Gasteiger charge is -2.08. The van der Waals surface area contributed by atoms with Crippen LogP contribution in [0.1, 0.15) is 12.8 Å². The Morgan fingerprint density at radius 1 is 1.36 bits per heavy atom. The van der Waals surface area contributed by atoms with Crippen LogP contribution < -0.4 is 10.9 Å². The second-order valence-electron chi connectivity index (χ2n) is 4.71. The van der Waals surface area contributed by atoms with E-state index in [1.54, 1.807) is 13.2 Å². The lowest BCUT2D eigenvalue weighted by Crippen LogP contribution is -2.21. The summed E-state index contributed by atoms with van der Waals surface area (Å²) >= 11 is 11.4. The molecule has 1 N–H and O–H groups in total. The number of nitrogens with zero attached hydrogens (tertiary/aromatic N) is 2.